The van der Waals surface area contributed by atoms with Gasteiger partial charge in [0.25, 0.3) is 5.91 Å². The highest BCUT2D eigenvalue weighted by molar-refractivity contribution is 6.75. The number of nitrogens with one attached hydrogen (secondary N) is 1. The van der Waals surface area contributed by atoms with Crippen LogP contribution < -0.4 is 5.32 Å². The normalized spacial score (nSPS) is 29.6. The molecule has 1 amide bonds. The van der Waals surface area contributed by atoms with E-state index in [-0.39, 0.29) is 27.6 Å². The smallest absolute Gasteiger partial charge is 0.251 e. The maximum atomic E-state index is 13.6. The highest BCUT2D eigenvalue weighted by Gasteiger charge is 2.59. The van der Waals surface area contributed by atoms with E-state index in [9.17, 15) is 9.90 Å². The molecule has 2 N–H and O–H groups in total. The fraction of sp³-hybridized carbons (Fsp3) is 0.966. The Morgan fingerprint density at radius 2 is 1.27 bits per heavy atom. The molecule has 2 aliphatic heterocycles. The van der Waals surface area contributed by atoms with Gasteiger partial charge in [-0.25, -0.2) is 0 Å². The molecule has 0 saturated carbocycles. The van der Waals surface area contributed by atoms with Gasteiger partial charge in [0.05, 0.1) is 12.6 Å². The number of amides is 1. The topological polar surface area (TPSA) is 95.5 Å². The third kappa shape index (κ3) is 7.88. The molecule has 40 heavy (non-hydrogen) atoms. The van der Waals surface area contributed by atoms with E-state index in [2.05, 4.69) is 107 Å². The quantitative estimate of drug-likeness (QED) is 0.298. The molecule has 2 fully saturated rings. The molecule has 0 unspecified atom stereocenters. The van der Waals surface area contributed by atoms with Gasteiger partial charge in [-0.3, -0.25) is 4.79 Å². The van der Waals surface area contributed by atoms with Gasteiger partial charge in [-0.1, -0.05) is 62.3 Å². The summed E-state index contributed by atoms with van der Waals surface area (Å²) in [7, 11) is -6.76. The van der Waals surface area contributed by atoms with E-state index in [1.165, 1.54) is 0 Å². The van der Waals surface area contributed by atoms with Crippen LogP contribution in [-0.4, -0.2) is 84.9 Å². The Balaban J connectivity index is 2.47. The molecule has 0 spiro atoms. The number of carbonyl (C=O) groups excluding carboxylic acids is 1. The van der Waals surface area contributed by atoms with Gasteiger partial charge in [-0.15, -0.1) is 0 Å². The van der Waals surface area contributed by atoms with E-state index in [1.54, 1.807) is 0 Å². The summed E-state index contributed by atoms with van der Waals surface area (Å²) in [4.78, 5) is 13.6. The van der Waals surface area contributed by atoms with Crippen molar-refractivity contribution in [2.45, 2.75) is 173 Å². The first kappa shape index (κ1) is 36.1. The number of hydrogen-bond acceptors (Lipinski definition) is 7. The Kier molecular flexibility index (Phi) is 10.3. The molecule has 0 radical (unpaired) electrons. The summed E-state index contributed by atoms with van der Waals surface area (Å²) >= 11 is 0. The molecule has 0 aromatic rings. The highest BCUT2D eigenvalue weighted by atomic mass is 28.4. The van der Waals surface area contributed by atoms with Crippen molar-refractivity contribution in [3.8, 4) is 0 Å². The van der Waals surface area contributed by atoms with Gasteiger partial charge in [0, 0.05) is 0 Å². The van der Waals surface area contributed by atoms with Crippen molar-refractivity contribution in [3.05, 3.63) is 0 Å². The molecule has 6 atom stereocenters. The minimum atomic E-state index is -2.34. The average molecular weight is 620 g/mol. The lowest BCUT2D eigenvalue weighted by molar-refractivity contribution is -0.159. The highest BCUT2D eigenvalue weighted by Crippen LogP contribution is 2.44. The summed E-state index contributed by atoms with van der Waals surface area (Å²) < 4.78 is 32.9. The third-order valence-electron chi connectivity index (χ3n) is 10.0. The molecule has 2 heterocycles. The maximum Gasteiger partial charge on any atom is 0.251 e. The van der Waals surface area contributed by atoms with Gasteiger partial charge in [0.2, 0.25) is 0 Å². The van der Waals surface area contributed by atoms with E-state index in [1.807, 2.05) is 13.8 Å². The minimum Gasteiger partial charge on any atom is -0.414 e. The number of hydrogen-bond donors (Lipinski definition) is 2. The first-order valence-corrected chi connectivity index (χ1v) is 23.6. The first-order valence-electron chi connectivity index (χ1n) is 14.9. The fourth-order valence-corrected chi connectivity index (χ4v) is 7.75. The predicted molar refractivity (Wildman–Crippen MR) is 169 cm³/mol. The van der Waals surface area contributed by atoms with E-state index >= 15 is 0 Å². The largest absolute Gasteiger partial charge is 0.414 e. The molecule has 2 saturated heterocycles. The van der Waals surface area contributed by atoms with E-state index in [0.29, 0.717) is 0 Å². The molecule has 2 aliphatic rings. The summed E-state index contributed by atoms with van der Waals surface area (Å²) in [5, 5.41) is 14.5. The zero-order chi connectivity index (χ0) is 31.5. The molecule has 0 aliphatic carbocycles. The molecule has 11 heteroatoms. The number of ether oxygens (including phenoxy) is 2. The van der Waals surface area contributed by atoms with Crippen molar-refractivity contribution in [1.29, 1.82) is 0 Å². The van der Waals surface area contributed by atoms with E-state index < -0.39 is 67.3 Å². The van der Waals surface area contributed by atoms with Crippen LogP contribution in [0.2, 0.25) is 54.4 Å². The van der Waals surface area contributed by atoms with Gasteiger partial charge in [-0.2, -0.15) is 0 Å². The molecular weight excluding hydrogens is 559 g/mol. The molecule has 8 nitrogen and oxygen atoms in total. The lowest BCUT2D eigenvalue weighted by atomic mass is 9.97. The van der Waals surface area contributed by atoms with Crippen LogP contribution in [0.1, 0.15) is 76.2 Å². The Morgan fingerprint density at radius 1 is 0.825 bits per heavy atom. The summed E-state index contributed by atoms with van der Waals surface area (Å²) in [6, 6.07) is -0.550. The summed E-state index contributed by atoms with van der Waals surface area (Å²) in [6.07, 6.45) is -3.64. The molecular formula is C29H61NO7Si3. The van der Waals surface area contributed by atoms with Crippen LogP contribution in [0.15, 0.2) is 0 Å². The number of carbonyl (C=O) groups is 1. The Morgan fingerprint density at radius 3 is 1.73 bits per heavy atom. The third-order valence-corrected chi connectivity index (χ3v) is 23.4. The Labute approximate surface area is 248 Å². The van der Waals surface area contributed by atoms with Gasteiger partial charge in [-0.05, 0) is 68.2 Å². The van der Waals surface area contributed by atoms with Crippen LogP contribution in [0.5, 0.6) is 0 Å². The maximum absolute atomic E-state index is 13.6. The summed E-state index contributed by atoms with van der Waals surface area (Å²) in [5.41, 5.74) is 0. The van der Waals surface area contributed by atoms with Crippen LogP contribution in [-0.2, 0) is 27.5 Å². The van der Waals surface area contributed by atoms with Crippen molar-refractivity contribution in [2.75, 3.05) is 6.61 Å². The number of aliphatic hydroxyl groups excluding tert-OH is 1. The summed E-state index contributed by atoms with van der Waals surface area (Å²) in [5.74, 6) is -1.14. The van der Waals surface area contributed by atoms with Crippen LogP contribution in [0.4, 0.5) is 0 Å². The van der Waals surface area contributed by atoms with E-state index in [0.717, 1.165) is 0 Å². The SMILES string of the molecule is CC1(C)O[C@H]([C@@H]2NC(=O)[C@H](O[Si](C)(C)C(C)(C)C)[C@H]2O[Si](C)(C)C(C)(C)C)[C@@H]([C@H](O)CO[Si](C)(C)C(C)(C)C)O1. The first-order chi connectivity index (χ1) is 17.5. The van der Waals surface area contributed by atoms with Crippen LogP contribution in [0, 0.1) is 0 Å². The van der Waals surface area contributed by atoms with Gasteiger partial charge in [0.15, 0.2) is 36.8 Å². The average Bonchev–Trinajstić information content (AvgIpc) is 3.19. The second-order valence-electron chi connectivity index (χ2n) is 16.9. The van der Waals surface area contributed by atoms with E-state index in [4.69, 9.17) is 22.8 Å². The fourth-order valence-electron chi connectivity index (χ4n) is 4.20. The predicted octanol–water partition coefficient (Wildman–Crippen LogP) is 6.17. The van der Waals surface area contributed by atoms with Crippen molar-refractivity contribution < 1.29 is 32.7 Å². The van der Waals surface area contributed by atoms with Gasteiger partial charge >= 0.3 is 0 Å². The monoisotopic (exact) mass is 619 g/mol. The standard InChI is InChI=1S/C29H61NO7Si3/c1-26(2,3)38(12,13)33-18-19(31)21-22(35-29(10,11)34-21)20-23(36-39(14,15)27(4,5)6)24(25(32)30-20)37-40(16,17)28(7,8)9/h19-24,31H,18H2,1-17H3,(H,30,32)/t19-,20+,21-,22-,23+,24-/m1/s1. The Bertz CT molecular complexity index is 903. The lowest BCUT2D eigenvalue weighted by Gasteiger charge is -2.44. The number of aliphatic hydroxyl groups is 1. The Hall–Kier alpha value is -0.119. The van der Waals surface area contributed by atoms with Gasteiger partial charge < -0.3 is 33.2 Å². The molecule has 0 aromatic heterocycles. The van der Waals surface area contributed by atoms with Crippen molar-refractivity contribution >= 4 is 30.9 Å². The van der Waals surface area contributed by atoms with Crippen molar-refractivity contribution in [3.63, 3.8) is 0 Å². The minimum absolute atomic E-state index is 0.00820. The summed E-state index contributed by atoms with van der Waals surface area (Å²) in [6.45, 7) is 36.4. The zero-order valence-corrected chi connectivity index (χ0v) is 31.6. The molecule has 236 valence electrons. The van der Waals surface area contributed by atoms with Crippen LogP contribution in [0.25, 0.3) is 0 Å². The molecule has 2 rings (SSSR count). The zero-order valence-electron chi connectivity index (χ0n) is 28.6. The van der Waals surface area contributed by atoms with Gasteiger partial charge in [0.1, 0.15) is 24.4 Å². The molecule has 0 bridgehead atoms. The lowest BCUT2D eigenvalue weighted by Crippen LogP contribution is -2.58. The number of rotatable bonds is 9. The van der Waals surface area contributed by atoms with Crippen LogP contribution in [0.3, 0.4) is 0 Å². The van der Waals surface area contributed by atoms with Crippen LogP contribution >= 0.6 is 0 Å². The second-order valence-corrected chi connectivity index (χ2v) is 31.2. The second kappa shape index (κ2) is 11.4. The van der Waals surface area contributed by atoms with Crippen molar-refractivity contribution in [2.24, 2.45) is 0 Å². The van der Waals surface area contributed by atoms with Crippen molar-refractivity contribution in [1.82, 2.24) is 5.32 Å². The molecule has 0 aromatic carbocycles.